The summed E-state index contributed by atoms with van der Waals surface area (Å²) in [5.41, 5.74) is 5.84. The summed E-state index contributed by atoms with van der Waals surface area (Å²) in [6.45, 7) is 1.50. The molecule has 0 aromatic rings. The molecule has 1 rings (SSSR count). The average molecular weight is 273 g/mol. The van der Waals surface area contributed by atoms with E-state index in [2.05, 4.69) is 0 Å². The van der Waals surface area contributed by atoms with Crippen LogP contribution in [0.15, 0.2) is 0 Å². The Kier molecular flexibility index (Phi) is 6.20. The first kappa shape index (κ1) is 15.9. The van der Waals surface area contributed by atoms with Gasteiger partial charge in [0.1, 0.15) is 0 Å². The third-order valence-electron chi connectivity index (χ3n) is 3.14. The molecule has 110 valence electrons. The summed E-state index contributed by atoms with van der Waals surface area (Å²) in [6.07, 6.45) is 0. The summed E-state index contributed by atoms with van der Waals surface area (Å²) in [7, 11) is 4.87. The molecule has 1 fully saturated rings. The zero-order valence-electron chi connectivity index (χ0n) is 11.8. The second kappa shape index (κ2) is 7.42. The van der Waals surface area contributed by atoms with Crippen LogP contribution in [0.3, 0.4) is 0 Å². The number of carbonyl (C=O) groups excluding carboxylic acids is 2. The van der Waals surface area contributed by atoms with Crippen molar-refractivity contribution in [1.29, 1.82) is 0 Å². The molecule has 1 aliphatic heterocycles. The Hall–Kier alpha value is -1.18. The largest absolute Gasteiger partial charge is 0.383 e. The van der Waals surface area contributed by atoms with Gasteiger partial charge >= 0.3 is 0 Å². The maximum atomic E-state index is 12.4. The molecular weight excluding hydrogens is 250 g/mol. The first-order valence-electron chi connectivity index (χ1n) is 6.28. The minimum absolute atomic E-state index is 0.0401. The molecule has 7 nitrogen and oxygen atoms in total. The topological polar surface area (TPSA) is 85.1 Å². The fourth-order valence-corrected chi connectivity index (χ4v) is 1.83. The minimum atomic E-state index is -0.369. The summed E-state index contributed by atoms with van der Waals surface area (Å²) < 4.78 is 10.2. The van der Waals surface area contributed by atoms with E-state index in [1.807, 2.05) is 0 Å². The molecule has 1 saturated heterocycles. The molecule has 0 aromatic carbocycles. The Bertz CT molecular complexity index is 322. The molecule has 1 heterocycles. The number of methoxy groups -OCH3 is 1. The van der Waals surface area contributed by atoms with Gasteiger partial charge < -0.3 is 25.0 Å². The van der Waals surface area contributed by atoms with E-state index in [0.29, 0.717) is 26.4 Å². The molecule has 2 unspecified atom stereocenters. The predicted octanol–water partition coefficient (Wildman–Crippen LogP) is -1.48. The van der Waals surface area contributed by atoms with E-state index in [9.17, 15) is 9.59 Å². The lowest BCUT2D eigenvalue weighted by atomic mass is 10.0. The Balaban J connectivity index is 2.66. The third-order valence-corrected chi connectivity index (χ3v) is 3.14. The summed E-state index contributed by atoms with van der Waals surface area (Å²) in [5.74, 6) is -0.638. The molecular formula is C12H23N3O4. The number of carbonyl (C=O) groups is 2. The van der Waals surface area contributed by atoms with Crippen molar-refractivity contribution >= 4 is 11.8 Å². The van der Waals surface area contributed by atoms with Crippen LogP contribution in [-0.4, -0.2) is 81.8 Å². The summed E-state index contributed by atoms with van der Waals surface area (Å²) >= 11 is 0. The van der Waals surface area contributed by atoms with Crippen molar-refractivity contribution in [2.24, 2.45) is 11.7 Å². The number of nitrogens with zero attached hydrogens (tertiary/aromatic N) is 2. The summed E-state index contributed by atoms with van der Waals surface area (Å²) in [6, 6.07) is -0.299. The highest BCUT2D eigenvalue weighted by Gasteiger charge is 2.34. The molecule has 0 radical (unpaired) electrons. The van der Waals surface area contributed by atoms with Crippen LogP contribution in [0.2, 0.25) is 0 Å². The van der Waals surface area contributed by atoms with Crippen LogP contribution in [0.4, 0.5) is 0 Å². The molecule has 2 atom stereocenters. The van der Waals surface area contributed by atoms with E-state index in [1.165, 1.54) is 9.80 Å². The van der Waals surface area contributed by atoms with Gasteiger partial charge in [-0.2, -0.15) is 0 Å². The highest BCUT2D eigenvalue weighted by Crippen LogP contribution is 2.15. The van der Waals surface area contributed by atoms with Crippen LogP contribution < -0.4 is 5.73 Å². The molecule has 2 N–H and O–H groups in total. The van der Waals surface area contributed by atoms with E-state index < -0.39 is 0 Å². The van der Waals surface area contributed by atoms with E-state index in [-0.39, 0.29) is 30.3 Å². The van der Waals surface area contributed by atoms with Gasteiger partial charge in [0, 0.05) is 33.8 Å². The fraction of sp³-hybridized carbons (Fsp3) is 0.833. The molecule has 0 aromatic heterocycles. The van der Waals surface area contributed by atoms with Gasteiger partial charge in [-0.1, -0.05) is 0 Å². The number of likely N-dealkylation sites (N-methyl/N-ethyl adjacent to an activating group) is 1. The van der Waals surface area contributed by atoms with Gasteiger partial charge in [-0.25, -0.2) is 0 Å². The van der Waals surface area contributed by atoms with Crippen LogP contribution in [0, 0.1) is 5.92 Å². The molecule has 0 aliphatic carbocycles. The normalized spacial score (nSPS) is 22.3. The first-order valence-corrected chi connectivity index (χ1v) is 6.28. The van der Waals surface area contributed by atoms with Crippen LogP contribution >= 0.6 is 0 Å². The SMILES string of the molecule is COCCN(CC(=O)N(C)C)C(=O)C1COCC1N. The monoisotopic (exact) mass is 273 g/mol. The second-order valence-electron chi connectivity index (χ2n) is 4.85. The van der Waals surface area contributed by atoms with Crippen LogP contribution in [0.1, 0.15) is 0 Å². The highest BCUT2D eigenvalue weighted by molar-refractivity contribution is 5.86. The number of ether oxygens (including phenoxy) is 2. The van der Waals surface area contributed by atoms with E-state index in [0.717, 1.165) is 0 Å². The van der Waals surface area contributed by atoms with Crippen LogP contribution in [0.25, 0.3) is 0 Å². The molecule has 7 heteroatoms. The lowest BCUT2D eigenvalue weighted by molar-refractivity contribution is -0.142. The Morgan fingerprint density at radius 3 is 2.53 bits per heavy atom. The quantitative estimate of drug-likeness (QED) is 0.638. The number of rotatable bonds is 6. The van der Waals surface area contributed by atoms with Gasteiger partial charge in [-0.3, -0.25) is 9.59 Å². The molecule has 0 bridgehead atoms. The van der Waals surface area contributed by atoms with Crippen molar-refractivity contribution < 1.29 is 19.1 Å². The molecule has 19 heavy (non-hydrogen) atoms. The van der Waals surface area contributed by atoms with Gasteiger partial charge in [0.05, 0.1) is 32.3 Å². The van der Waals surface area contributed by atoms with Gasteiger partial charge in [-0.15, -0.1) is 0 Å². The Morgan fingerprint density at radius 2 is 2.05 bits per heavy atom. The van der Waals surface area contributed by atoms with Gasteiger partial charge in [-0.05, 0) is 0 Å². The number of hydrogen-bond donors (Lipinski definition) is 1. The van der Waals surface area contributed by atoms with Crippen molar-refractivity contribution in [3.8, 4) is 0 Å². The lowest BCUT2D eigenvalue weighted by Crippen LogP contribution is -2.48. The van der Waals surface area contributed by atoms with Crippen molar-refractivity contribution in [3.05, 3.63) is 0 Å². The number of amides is 2. The maximum Gasteiger partial charge on any atom is 0.241 e. The highest BCUT2D eigenvalue weighted by atomic mass is 16.5. The fourth-order valence-electron chi connectivity index (χ4n) is 1.83. The maximum absolute atomic E-state index is 12.4. The van der Waals surface area contributed by atoms with Crippen molar-refractivity contribution in [3.63, 3.8) is 0 Å². The minimum Gasteiger partial charge on any atom is -0.383 e. The smallest absolute Gasteiger partial charge is 0.241 e. The Morgan fingerprint density at radius 1 is 1.37 bits per heavy atom. The molecule has 0 saturated carbocycles. The Labute approximate surface area is 113 Å². The number of nitrogens with two attached hydrogens (primary N) is 1. The standard InChI is InChI=1S/C12H23N3O4/c1-14(2)11(16)6-15(4-5-18-3)12(17)9-7-19-8-10(9)13/h9-10H,4-8,13H2,1-3H3. The van der Waals surface area contributed by atoms with Crippen molar-refractivity contribution in [1.82, 2.24) is 9.80 Å². The van der Waals surface area contributed by atoms with Crippen molar-refractivity contribution in [2.45, 2.75) is 6.04 Å². The summed E-state index contributed by atoms with van der Waals surface area (Å²) in [4.78, 5) is 27.1. The zero-order valence-corrected chi connectivity index (χ0v) is 11.8. The van der Waals surface area contributed by atoms with E-state index in [4.69, 9.17) is 15.2 Å². The van der Waals surface area contributed by atoms with E-state index in [1.54, 1.807) is 21.2 Å². The molecule has 1 aliphatic rings. The third kappa shape index (κ3) is 4.45. The van der Waals surface area contributed by atoms with Crippen LogP contribution in [-0.2, 0) is 19.1 Å². The first-order chi connectivity index (χ1) is 8.97. The number of hydrogen-bond acceptors (Lipinski definition) is 5. The second-order valence-corrected chi connectivity index (χ2v) is 4.85. The lowest BCUT2D eigenvalue weighted by Gasteiger charge is -2.27. The zero-order chi connectivity index (χ0) is 14.4. The van der Waals surface area contributed by atoms with Gasteiger partial charge in [0.2, 0.25) is 11.8 Å². The van der Waals surface area contributed by atoms with Crippen LogP contribution in [0.5, 0.6) is 0 Å². The van der Waals surface area contributed by atoms with Gasteiger partial charge in [0.25, 0.3) is 0 Å². The average Bonchev–Trinajstić information content (AvgIpc) is 2.79. The predicted molar refractivity (Wildman–Crippen MR) is 69.4 cm³/mol. The molecule has 0 spiro atoms. The van der Waals surface area contributed by atoms with Crippen molar-refractivity contribution in [2.75, 3.05) is 54.1 Å². The summed E-state index contributed by atoms with van der Waals surface area (Å²) in [5, 5.41) is 0. The molecule has 2 amide bonds. The van der Waals surface area contributed by atoms with E-state index >= 15 is 0 Å². The van der Waals surface area contributed by atoms with Gasteiger partial charge in [0.15, 0.2) is 0 Å².